The monoisotopic (exact) mass is 329 g/mol. The summed E-state index contributed by atoms with van der Waals surface area (Å²) in [4.78, 5) is 21.7. The molecule has 1 aromatic heterocycles. The van der Waals surface area contributed by atoms with Crippen LogP contribution in [0.4, 0.5) is 4.79 Å². The van der Waals surface area contributed by atoms with Gasteiger partial charge in [-0.3, -0.25) is 0 Å². The van der Waals surface area contributed by atoms with E-state index in [2.05, 4.69) is 41.2 Å². The van der Waals surface area contributed by atoms with E-state index >= 15 is 0 Å². The molecule has 1 amide bonds. The van der Waals surface area contributed by atoms with Crippen molar-refractivity contribution < 1.29 is 9.53 Å². The average Bonchev–Trinajstić information content (AvgIpc) is 2.94. The summed E-state index contributed by atoms with van der Waals surface area (Å²) >= 11 is 0. The number of rotatable bonds is 5. The van der Waals surface area contributed by atoms with Gasteiger partial charge in [0.05, 0.1) is 18.4 Å². The van der Waals surface area contributed by atoms with E-state index < -0.39 is 5.60 Å². The Morgan fingerprint density at radius 3 is 2.50 bits per heavy atom. The summed E-state index contributed by atoms with van der Waals surface area (Å²) in [7, 11) is 0. The molecule has 0 fully saturated rings. The van der Waals surface area contributed by atoms with Gasteiger partial charge in [-0.05, 0) is 39.7 Å². The molecule has 0 aliphatic rings. The van der Waals surface area contributed by atoms with Crippen molar-refractivity contribution in [2.75, 3.05) is 6.54 Å². The number of carbonyl (C=O) groups is 1. The van der Waals surface area contributed by atoms with Crippen LogP contribution in [0.2, 0.25) is 0 Å². The first-order valence-electron chi connectivity index (χ1n) is 8.37. The van der Waals surface area contributed by atoms with E-state index in [1.807, 2.05) is 27.7 Å². The smallest absolute Gasteiger partial charge is 0.410 e. The predicted octanol–water partition coefficient (Wildman–Crippen LogP) is 4.53. The summed E-state index contributed by atoms with van der Waals surface area (Å²) in [6, 6.07) is 8.26. The molecule has 1 N–H and O–H groups in total. The maximum atomic E-state index is 12.3. The van der Waals surface area contributed by atoms with E-state index in [9.17, 15) is 4.79 Å². The molecule has 130 valence electrons. The van der Waals surface area contributed by atoms with Crippen molar-refractivity contribution in [3.8, 4) is 11.3 Å². The maximum absolute atomic E-state index is 12.3. The minimum Gasteiger partial charge on any atom is -0.444 e. The highest BCUT2D eigenvalue weighted by atomic mass is 16.6. The molecule has 2 aromatic rings. The predicted molar refractivity (Wildman–Crippen MR) is 95.7 cm³/mol. The number of nitrogens with zero attached hydrogens (tertiary/aromatic N) is 2. The van der Waals surface area contributed by atoms with Gasteiger partial charge in [0.2, 0.25) is 0 Å². The van der Waals surface area contributed by atoms with Crippen LogP contribution in [-0.2, 0) is 11.3 Å². The Kier molecular flexibility index (Phi) is 5.65. The van der Waals surface area contributed by atoms with Crippen LogP contribution in [0.15, 0.2) is 30.5 Å². The van der Waals surface area contributed by atoms with Gasteiger partial charge in [-0.25, -0.2) is 9.78 Å². The summed E-state index contributed by atoms with van der Waals surface area (Å²) in [6.07, 6.45) is 2.36. The Morgan fingerprint density at radius 2 is 1.92 bits per heavy atom. The number of aromatic amines is 1. The van der Waals surface area contributed by atoms with E-state index in [1.165, 1.54) is 5.56 Å². The zero-order valence-electron chi connectivity index (χ0n) is 15.2. The highest BCUT2D eigenvalue weighted by Crippen LogP contribution is 2.18. The van der Waals surface area contributed by atoms with Gasteiger partial charge in [-0.2, -0.15) is 0 Å². The molecule has 0 saturated carbocycles. The number of hydrogen-bond donors (Lipinski definition) is 1. The van der Waals surface area contributed by atoms with E-state index in [1.54, 1.807) is 11.1 Å². The van der Waals surface area contributed by atoms with Crippen LogP contribution in [0.3, 0.4) is 0 Å². The van der Waals surface area contributed by atoms with Crippen LogP contribution in [0.5, 0.6) is 0 Å². The summed E-state index contributed by atoms with van der Waals surface area (Å²) in [5, 5.41) is 0. The first kappa shape index (κ1) is 18.0. The number of hydrogen-bond acceptors (Lipinski definition) is 3. The lowest BCUT2D eigenvalue weighted by atomic mass is 10.1. The van der Waals surface area contributed by atoms with Crippen molar-refractivity contribution in [2.45, 2.75) is 53.2 Å². The molecule has 0 aliphatic heterocycles. The van der Waals surface area contributed by atoms with E-state index in [-0.39, 0.29) is 6.09 Å². The zero-order valence-corrected chi connectivity index (χ0v) is 15.2. The minimum absolute atomic E-state index is 0.308. The van der Waals surface area contributed by atoms with Crippen molar-refractivity contribution in [1.29, 1.82) is 0 Å². The largest absolute Gasteiger partial charge is 0.444 e. The molecular formula is C19H27N3O2. The van der Waals surface area contributed by atoms with Crippen molar-refractivity contribution in [2.24, 2.45) is 0 Å². The van der Waals surface area contributed by atoms with Gasteiger partial charge >= 0.3 is 6.09 Å². The van der Waals surface area contributed by atoms with Crippen LogP contribution in [0.1, 0.15) is 45.5 Å². The molecule has 0 atom stereocenters. The Bertz CT molecular complexity index is 669. The SMILES string of the molecule is CCCN(Cc1ncc(-c2ccc(C)cc2)[nH]1)C(=O)OC(C)(C)C. The normalized spacial score (nSPS) is 11.4. The number of amides is 1. The number of ether oxygens (including phenoxy) is 1. The van der Waals surface area contributed by atoms with Gasteiger partial charge in [0.1, 0.15) is 11.4 Å². The van der Waals surface area contributed by atoms with Crippen LogP contribution in [0, 0.1) is 6.92 Å². The summed E-state index contributed by atoms with van der Waals surface area (Å²) in [5.41, 5.74) is 2.75. The van der Waals surface area contributed by atoms with E-state index in [0.717, 1.165) is 23.5 Å². The molecule has 0 spiro atoms. The number of carbonyl (C=O) groups excluding carboxylic acids is 1. The molecule has 0 unspecified atom stereocenters. The summed E-state index contributed by atoms with van der Waals surface area (Å²) < 4.78 is 5.47. The van der Waals surface area contributed by atoms with E-state index in [4.69, 9.17) is 4.74 Å². The number of imidazole rings is 1. The number of nitrogens with one attached hydrogen (secondary N) is 1. The summed E-state index contributed by atoms with van der Waals surface area (Å²) in [6.45, 7) is 10.8. The fraction of sp³-hybridized carbons (Fsp3) is 0.474. The molecule has 0 bridgehead atoms. The number of H-pyrrole nitrogens is 1. The zero-order chi connectivity index (χ0) is 17.7. The molecule has 24 heavy (non-hydrogen) atoms. The minimum atomic E-state index is -0.501. The fourth-order valence-electron chi connectivity index (χ4n) is 2.33. The average molecular weight is 329 g/mol. The Hall–Kier alpha value is -2.30. The Balaban J connectivity index is 2.10. The second-order valence-corrected chi connectivity index (χ2v) is 7.01. The fourth-order valence-corrected chi connectivity index (χ4v) is 2.33. The molecule has 0 saturated heterocycles. The van der Waals surface area contributed by atoms with Crippen molar-refractivity contribution in [3.05, 3.63) is 41.9 Å². The lowest BCUT2D eigenvalue weighted by Crippen LogP contribution is -2.37. The lowest BCUT2D eigenvalue weighted by Gasteiger charge is -2.26. The lowest BCUT2D eigenvalue weighted by molar-refractivity contribution is 0.0229. The number of aryl methyl sites for hydroxylation is 1. The third-order valence-electron chi connectivity index (χ3n) is 3.48. The van der Waals surface area contributed by atoms with Gasteiger partial charge < -0.3 is 14.6 Å². The Labute approximate surface area is 144 Å². The molecule has 0 aliphatic carbocycles. The first-order chi connectivity index (χ1) is 11.3. The van der Waals surface area contributed by atoms with Crippen molar-refractivity contribution >= 4 is 6.09 Å². The van der Waals surface area contributed by atoms with Gasteiger partial charge in [0.25, 0.3) is 0 Å². The molecule has 1 heterocycles. The molecule has 2 rings (SSSR count). The standard InChI is InChI=1S/C19H27N3O2/c1-6-11-22(18(23)24-19(3,4)5)13-17-20-12-16(21-17)15-9-7-14(2)8-10-15/h7-10,12H,6,11,13H2,1-5H3,(H,20,21). The van der Waals surface area contributed by atoms with E-state index in [0.29, 0.717) is 13.1 Å². The first-order valence-corrected chi connectivity index (χ1v) is 8.37. The summed E-state index contributed by atoms with van der Waals surface area (Å²) in [5.74, 6) is 0.755. The topological polar surface area (TPSA) is 58.2 Å². The third kappa shape index (κ3) is 5.11. The molecule has 5 heteroatoms. The van der Waals surface area contributed by atoms with Crippen LogP contribution in [0.25, 0.3) is 11.3 Å². The van der Waals surface area contributed by atoms with Crippen molar-refractivity contribution in [3.63, 3.8) is 0 Å². The van der Waals surface area contributed by atoms with Crippen LogP contribution in [-0.4, -0.2) is 33.1 Å². The second-order valence-electron chi connectivity index (χ2n) is 7.01. The van der Waals surface area contributed by atoms with Crippen molar-refractivity contribution in [1.82, 2.24) is 14.9 Å². The van der Waals surface area contributed by atoms with Crippen LogP contribution >= 0.6 is 0 Å². The van der Waals surface area contributed by atoms with Gasteiger partial charge in [-0.15, -0.1) is 0 Å². The van der Waals surface area contributed by atoms with Gasteiger partial charge in [-0.1, -0.05) is 36.8 Å². The molecule has 5 nitrogen and oxygen atoms in total. The third-order valence-corrected chi connectivity index (χ3v) is 3.48. The molecule has 0 radical (unpaired) electrons. The number of aromatic nitrogens is 2. The van der Waals surface area contributed by atoms with Gasteiger partial charge in [0, 0.05) is 6.54 Å². The highest BCUT2D eigenvalue weighted by molar-refractivity contribution is 5.68. The molecule has 1 aromatic carbocycles. The Morgan fingerprint density at radius 1 is 1.25 bits per heavy atom. The highest BCUT2D eigenvalue weighted by Gasteiger charge is 2.22. The van der Waals surface area contributed by atoms with Crippen LogP contribution < -0.4 is 0 Å². The second kappa shape index (κ2) is 7.51. The quantitative estimate of drug-likeness (QED) is 0.876. The maximum Gasteiger partial charge on any atom is 0.410 e. The van der Waals surface area contributed by atoms with Gasteiger partial charge in [0.15, 0.2) is 0 Å². The molecular weight excluding hydrogens is 302 g/mol. The number of benzene rings is 1.